The average Bonchev–Trinajstić information content (AvgIpc) is 3.67. The van der Waals surface area contributed by atoms with Gasteiger partial charge in [0, 0.05) is 23.3 Å². The molecule has 0 unspecified atom stereocenters. The fraction of sp³-hybridized carbons (Fsp3) is 0.250. The van der Waals surface area contributed by atoms with Crippen LogP contribution in [0.3, 0.4) is 0 Å². The first kappa shape index (κ1) is 25.5. The summed E-state index contributed by atoms with van der Waals surface area (Å²) in [5, 5.41) is 0. The number of hydrogen-bond donors (Lipinski definition) is 1. The minimum Gasteiger partial charge on any atom is -0.306 e. The molecule has 0 saturated heterocycles. The molecular weight excluding hydrogens is 506 g/mol. The molecule has 0 radical (unpaired) electrons. The Hall–Kier alpha value is -3.81. The summed E-state index contributed by atoms with van der Waals surface area (Å²) in [6.45, 7) is 2.30. The second-order valence-electron chi connectivity index (χ2n) is 10.5. The first-order valence-corrected chi connectivity index (χ1v) is 14.9. The van der Waals surface area contributed by atoms with E-state index in [1.807, 2.05) is 66.4 Å². The molecule has 3 atom stereocenters. The standard InChI is InChI=1S/C32H31N3O3S/c1-22-9-8-12-25(33-22)21-35(32(36)30-20-28(30)23-10-4-2-5-11-23)26-17-15-24-16-18-31(29(24)19-26)34-39(37,38)27-13-6-3-7-14-27/h2-15,17,19,28,30-31,34H,16,18,20-21H2,1H3/t28-,30-,31+/m0/s1. The van der Waals surface area contributed by atoms with Gasteiger partial charge >= 0.3 is 0 Å². The second kappa shape index (κ2) is 10.4. The van der Waals surface area contributed by atoms with Crippen molar-refractivity contribution < 1.29 is 13.2 Å². The summed E-state index contributed by atoms with van der Waals surface area (Å²) in [6.07, 6.45) is 2.28. The van der Waals surface area contributed by atoms with Crippen molar-refractivity contribution in [2.75, 3.05) is 4.90 Å². The van der Waals surface area contributed by atoms with E-state index in [-0.39, 0.29) is 28.7 Å². The zero-order valence-electron chi connectivity index (χ0n) is 21.8. The van der Waals surface area contributed by atoms with E-state index in [1.165, 1.54) is 5.56 Å². The van der Waals surface area contributed by atoms with Gasteiger partial charge < -0.3 is 4.90 Å². The third-order valence-corrected chi connectivity index (χ3v) is 9.22. The molecule has 1 fully saturated rings. The van der Waals surface area contributed by atoms with Crippen molar-refractivity contribution in [2.24, 2.45) is 5.92 Å². The van der Waals surface area contributed by atoms with E-state index >= 15 is 0 Å². The minimum absolute atomic E-state index is 0.0755. The Kier molecular flexibility index (Phi) is 6.79. The largest absolute Gasteiger partial charge is 0.306 e. The minimum atomic E-state index is -3.67. The number of amides is 1. The SMILES string of the molecule is Cc1cccc(CN(C(=O)[C@H]2C[C@H]2c2ccccc2)c2ccc3c(c2)[C@H](NS(=O)(=O)c2ccccc2)CC3)n1. The van der Waals surface area contributed by atoms with Crippen molar-refractivity contribution in [3.05, 3.63) is 125 Å². The molecule has 0 spiro atoms. The van der Waals surface area contributed by atoms with Gasteiger partial charge in [-0.3, -0.25) is 9.78 Å². The first-order chi connectivity index (χ1) is 18.9. The van der Waals surface area contributed by atoms with Crippen LogP contribution in [0.15, 0.2) is 102 Å². The van der Waals surface area contributed by atoms with Crippen LogP contribution >= 0.6 is 0 Å². The molecule has 2 aliphatic carbocycles. The van der Waals surface area contributed by atoms with Crippen LogP contribution in [-0.2, 0) is 27.8 Å². The summed E-state index contributed by atoms with van der Waals surface area (Å²) < 4.78 is 29.1. The smallest absolute Gasteiger partial charge is 0.241 e. The van der Waals surface area contributed by atoms with Crippen molar-refractivity contribution in [2.45, 2.75) is 49.6 Å². The zero-order chi connectivity index (χ0) is 27.0. The third kappa shape index (κ3) is 5.37. The first-order valence-electron chi connectivity index (χ1n) is 13.4. The van der Waals surface area contributed by atoms with Crippen LogP contribution in [0, 0.1) is 12.8 Å². The number of anilines is 1. The van der Waals surface area contributed by atoms with Crippen molar-refractivity contribution >= 4 is 21.6 Å². The summed E-state index contributed by atoms with van der Waals surface area (Å²) in [5.41, 5.74) is 5.71. The summed E-state index contributed by atoms with van der Waals surface area (Å²) in [4.78, 5) is 20.7. The predicted octanol–water partition coefficient (Wildman–Crippen LogP) is 5.69. The lowest BCUT2D eigenvalue weighted by Gasteiger charge is -2.25. The quantitative estimate of drug-likeness (QED) is 0.313. The van der Waals surface area contributed by atoms with Gasteiger partial charge in [-0.2, -0.15) is 0 Å². The van der Waals surface area contributed by atoms with E-state index in [1.54, 1.807) is 30.3 Å². The molecule has 39 heavy (non-hydrogen) atoms. The number of nitrogens with one attached hydrogen (secondary N) is 1. The monoisotopic (exact) mass is 537 g/mol. The molecule has 198 valence electrons. The summed E-state index contributed by atoms with van der Waals surface area (Å²) in [6, 6.07) is 30.1. The highest BCUT2D eigenvalue weighted by Gasteiger charge is 2.46. The number of nitrogens with zero attached hydrogens (tertiary/aromatic N) is 2. The topological polar surface area (TPSA) is 79.4 Å². The third-order valence-electron chi connectivity index (χ3n) is 7.74. The van der Waals surface area contributed by atoms with E-state index in [4.69, 9.17) is 0 Å². The Balaban J connectivity index is 1.30. The molecule has 4 aromatic rings. The second-order valence-corrected chi connectivity index (χ2v) is 12.2. The van der Waals surface area contributed by atoms with Gasteiger partial charge in [0.05, 0.1) is 17.1 Å². The van der Waals surface area contributed by atoms with E-state index in [0.29, 0.717) is 13.0 Å². The number of carbonyl (C=O) groups is 1. The Bertz CT molecular complexity index is 1610. The molecule has 3 aromatic carbocycles. The van der Waals surface area contributed by atoms with E-state index < -0.39 is 10.0 Å². The van der Waals surface area contributed by atoms with Gasteiger partial charge in [0.25, 0.3) is 0 Å². The molecule has 6 rings (SSSR count). The lowest BCUT2D eigenvalue weighted by molar-refractivity contribution is -0.120. The molecular formula is C32H31N3O3S. The van der Waals surface area contributed by atoms with E-state index in [0.717, 1.165) is 41.0 Å². The zero-order valence-corrected chi connectivity index (χ0v) is 22.6. The van der Waals surface area contributed by atoms with Crippen LogP contribution in [0.25, 0.3) is 0 Å². The Morgan fingerprint density at radius 2 is 1.69 bits per heavy atom. The molecule has 2 aliphatic rings. The highest BCUT2D eigenvalue weighted by molar-refractivity contribution is 7.89. The fourth-order valence-electron chi connectivity index (χ4n) is 5.62. The summed E-state index contributed by atoms with van der Waals surface area (Å²) in [5.74, 6) is 0.205. The number of carbonyl (C=O) groups excluding carboxylic acids is 1. The highest BCUT2D eigenvalue weighted by Crippen LogP contribution is 2.49. The van der Waals surface area contributed by atoms with Gasteiger partial charge in [-0.15, -0.1) is 0 Å². The summed E-state index contributed by atoms with van der Waals surface area (Å²) >= 11 is 0. The number of aryl methyl sites for hydroxylation is 2. The molecule has 0 bridgehead atoms. The molecule has 1 heterocycles. The van der Waals surface area contributed by atoms with Crippen LogP contribution in [0.5, 0.6) is 0 Å². The van der Waals surface area contributed by atoms with Crippen LogP contribution in [0.4, 0.5) is 5.69 Å². The van der Waals surface area contributed by atoms with E-state index in [2.05, 4.69) is 21.8 Å². The molecule has 1 amide bonds. The molecule has 6 nitrogen and oxygen atoms in total. The van der Waals surface area contributed by atoms with Crippen LogP contribution in [0.1, 0.15) is 52.9 Å². The van der Waals surface area contributed by atoms with Crippen LogP contribution in [-0.4, -0.2) is 19.3 Å². The molecule has 1 saturated carbocycles. The van der Waals surface area contributed by atoms with Gasteiger partial charge in [0.15, 0.2) is 0 Å². The number of hydrogen-bond acceptors (Lipinski definition) is 4. The van der Waals surface area contributed by atoms with Crippen molar-refractivity contribution in [1.82, 2.24) is 9.71 Å². The van der Waals surface area contributed by atoms with Crippen molar-refractivity contribution in [3.8, 4) is 0 Å². The van der Waals surface area contributed by atoms with Gasteiger partial charge in [0.2, 0.25) is 15.9 Å². The normalized spacial score (nSPS) is 19.9. The Morgan fingerprint density at radius 3 is 2.44 bits per heavy atom. The number of fused-ring (bicyclic) bond motifs is 1. The Labute approximate surface area is 229 Å². The van der Waals surface area contributed by atoms with Gasteiger partial charge in [-0.1, -0.05) is 60.7 Å². The van der Waals surface area contributed by atoms with Gasteiger partial charge in [-0.05, 0) is 85.2 Å². The molecule has 1 N–H and O–H groups in total. The van der Waals surface area contributed by atoms with Crippen molar-refractivity contribution in [3.63, 3.8) is 0 Å². The van der Waals surface area contributed by atoms with Crippen LogP contribution in [0.2, 0.25) is 0 Å². The molecule has 7 heteroatoms. The lowest BCUT2D eigenvalue weighted by Crippen LogP contribution is -2.33. The van der Waals surface area contributed by atoms with Crippen molar-refractivity contribution in [1.29, 1.82) is 0 Å². The van der Waals surface area contributed by atoms with Gasteiger partial charge in [0.1, 0.15) is 0 Å². The molecule has 1 aromatic heterocycles. The number of pyridine rings is 1. The van der Waals surface area contributed by atoms with E-state index in [9.17, 15) is 13.2 Å². The maximum Gasteiger partial charge on any atom is 0.241 e. The lowest BCUT2D eigenvalue weighted by atomic mass is 10.1. The predicted molar refractivity (Wildman–Crippen MR) is 152 cm³/mol. The Morgan fingerprint density at radius 1 is 0.949 bits per heavy atom. The number of aromatic nitrogens is 1. The maximum absolute atomic E-state index is 14.0. The summed E-state index contributed by atoms with van der Waals surface area (Å²) in [7, 11) is -3.67. The number of benzene rings is 3. The maximum atomic E-state index is 14.0. The number of rotatable bonds is 8. The highest BCUT2D eigenvalue weighted by atomic mass is 32.2. The van der Waals surface area contributed by atoms with Crippen LogP contribution < -0.4 is 9.62 Å². The fourth-order valence-corrected chi connectivity index (χ4v) is 6.89. The molecule has 0 aliphatic heterocycles. The van der Waals surface area contributed by atoms with Gasteiger partial charge in [-0.25, -0.2) is 13.1 Å². The average molecular weight is 538 g/mol. The number of sulfonamides is 1.